The van der Waals surface area contributed by atoms with Gasteiger partial charge in [0.2, 0.25) is 5.91 Å². The van der Waals surface area contributed by atoms with E-state index in [1.54, 1.807) is 43.3 Å². The number of hydrogen-bond acceptors (Lipinski definition) is 3. The Bertz CT molecular complexity index is 887. The molecule has 0 aromatic heterocycles. The molecular weight excluding hydrogens is 422 g/mol. The minimum atomic E-state index is -0.452. The van der Waals surface area contributed by atoms with E-state index in [1.807, 2.05) is 6.07 Å². The molecule has 2 aromatic carbocycles. The Morgan fingerprint density at radius 3 is 1.93 bits per heavy atom. The van der Waals surface area contributed by atoms with Crippen LogP contribution >= 0.6 is 15.9 Å². The van der Waals surface area contributed by atoms with Crippen molar-refractivity contribution >= 4 is 39.3 Å². The van der Waals surface area contributed by atoms with Gasteiger partial charge in [0.1, 0.15) is 0 Å². The topological polar surface area (TPSA) is 87.3 Å². The quantitative estimate of drug-likeness (QED) is 0.617. The molecular formula is C21H24BrN3O3. The first-order chi connectivity index (χ1) is 13.1. The summed E-state index contributed by atoms with van der Waals surface area (Å²) in [6.45, 7) is 8.03. The standard InChI is InChI=1S/C21H24BrN3O3/c1-5-18(26)23-15-9-6-13(7-10-15)19(27)24-25-20(28)14-8-11-16(17(22)12-14)21(2,3)4/h6-12H,5H2,1-4H3,(H,23,26)(H,24,27)(H,25,28). The summed E-state index contributed by atoms with van der Waals surface area (Å²) < 4.78 is 0.837. The third-order valence-corrected chi connectivity index (χ3v) is 4.74. The fourth-order valence-corrected chi connectivity index (χ4v) is 3.45. The number of hydrogen-bond donors (Lipinski definition) is 3. The lowest BCUT2D eigenvalue weighted by molar-refractivity contribution is -0.115. The van der Waals surface area contributed by atoms with Gasteiger partial charge >= 0.3 is 0 Å². The van der Waals surface area contributed by atoms with Gasteiger partial charge in [0.15, 0.2) is 0 Å². The van der Waals surface area contributed by atoms with Crippen LogP contribution in [-0.4, -0.2) is 17.7 Å². The van der Waals surface area contributed by atoms with E-state index in [2.05, 4.69) is 52.9 Å². The third-order valence-electron chi connectivity index (χ3n) is 4.08. The van der Waals surface area contributed by atoms with Gasteiger partial charge in [0, 0.05) is 27.7 Å². The number of hydrazine groups is 1. The predicted molar refractivity (Wildman–Crippen MR) is 113 cm³/mol. The van der Waals surface area contributed by atoms with Crippen LogP contribution in [-0.2, 0) is 10.2 Å². The molecule has 0 aliphatic heterocycles. The number of halogens is 1. The van der Waals surface area contributed by atoms with E-state index in [-0.39, 0.29) is 11.3 Å². The molecule has 0 atom stereocenters. The molecule has 0 saturated heterocycles. The van der Waals surface area contributed by atoms with E-state index in [0.29, 0.717) is 23.2 Å². The van der Waals surface area contributed by atoms with E-state index in [1.165, 1.54) is 0 Å². The Hall–Kier alpha value is -2.67. The van der Waals surface area contributed by atoms with Gasteiger partial charge < -0.3 is 5.32 Å². The maximum atomic E-state index is 12.3. The van der Waals surface area contributed by atoms with Crippen molar-refractivity contribution in [3.8, 4) is 0 Å². The molecule has 0 fully saturated rings. The second-order valence-corrected chi connectivity index (χ2v) is 8.19. The maximum Gasteiger partial charge on any atom is 0.269 e. The summed E-state index contributed by atoms with van der Waals surface area (Å²) in [4.78, 5) is 35.9. The molecule has 0 spiro atoms. The van der Waals surface area contributed by atoms with E-state index in [0.717, 1.165) is 10.0 Å². The number of carbonyl (C=O) groups is 3. The van der Waals surface area contributed by atoms with Gasteiger partial charge in [0.05, 0.1) is 0 Å². The number of rotatable bonds is 4. The molecule has 0 bridgehead atoms. The Morgan fingerprint density at radius 1 is 0.893 bits per heavy atom. The van der Waals surface area contributed by atoms with Crippen molar-refractivity contribution in [2.24, 2.45) is 0 Å². The van der Waals surface area contributed by atoms with Crippen LogP contribution in [0.25, 0.3) is 0 Å². The molecule has 0 aliphatic rings. The molecule has 28 heavy (non-hydrogen) atoms. The summed E-state index contributed by atoms with van der Waals surface area (Å²) >= 11 is 3.50. The van der Waals surface area contributed by atoms with Crippen molar-refractivity contribution in [3.63, 3.8) is 0 Å². The smallest absolute Gasteiger partial charge is 0.269 e. The van der Waals surface area contributed by atoms with Crippen LogP contribution in [0.5, 0.6) is 0 Å². The molecule has 0 heterocycles. The highest BCUT2D eigenvalue weighted by molar-refractivity contribution is 9.10. The number of benzene rings is 2. The summed E-state index contributed by atoms with van der Waals surface area (Å²) in [6.07, 6.45) is 0.376. The zero-order chi connectivity index (χ0) is 20.9. The highest BCUT2D eigenvalue weighted by atomic mass is 79.9. The van der Waals surface area contributed by atoms with Crippen molar-refractivity contribution < 1.29 is 14.4 Å². The highest BCUT2D eigenvalue weighted by Crippen LogP contribution is 2.30. The zero-order valence-electron chi connectivity index (χ0n) is 16.4. The number of carbonyl (C=O) groups excluding carboxylic acids is 3. The second-order valence-electron chi connectivity index (χ2n) is 7.33. The normalized spacial score (nSPS) is 10.9. The van der Waals surface area contributed by atoms with E-state index in [4.69, 9.17) is 0 Å². The van der Waals surface area contributed by atoms with Crippen LogP contribution in [0.1, 0.15) is 60.4 Å². The van der Waals surface area contributed by atoms with Crippen LogP contribution in [0.3, 0.4) is 0 Å². The molecule has 2 rings (SSSR count). The largest absolute Gasteiger partial charge is 0.326 e. The van der Waals surface area contributed by atoms with Crippen molar-refractivity contribution in [3.05, 3.63) is 63.6 Å². The Labute approximate surface area is 173 Å². The molecule has 0 aliphatic carbocycles. The van der Waals surface area contributed by atoms with E-state index < -0.39 is 11.8 Å². The van der Waals surface area contributed by atoms with Gasteiger partial charge in [-0.25, -0.2) is 0 Å². The molecule has 3 amide bonds. The van der Waals surface area contributed by atoms with Crippen molar-refractivity contribution in [2.75, 3.05) is 5.32 Å². The van der Waals surface area contributed by atoms with Crippen LogP contribution < -0.4 is 16.2 Å². The lowest BCUT2D eigenvalue weighted by Crippen LogP contribution is -2.41. The fraction of sp³-hybridized carbons (Fsp3) is 0.286. The first-order valence-electron chi connectivity index (χ1n) is 8.92. The molecule has 3 N–H and O–H groups in total. The second kappa shape index (κ2) is 9.01. The monoisotopic (exact) mass is 445 g/mol. The third kappa shape index (κ3) is 5.66. The minimum absolute atomic E-state index is 0.0508. The average molecular weight is 446 g/mol. The maximum absolute atomic E-state index is 12.3. The van der Waals surface area contributed by atoms with Crippen LogP contribution in [0.4, 0.5) is 5.69 Å². The van der Waals surface area contributed by atoms with Gasteiger partial charge in [-0.3, -0.25) is 25.2 Å². The lowest BCUT2D eigenvalue weighted by Gasteiger charge is -2.21. The predicted octanol–water partition coefficient (Wildman–Crippen LogP) is 4.17. The Morgan fingerprint density at radius 2 is 1.43 bits per heavy atom. The summed E-state index contributed by atoms with van der Waals surface area (Å²) in [6, 6.07) is 11.7. The fourth-order valence-electron chi connectivity index (χ4n) is 2.48. The van der Waals surface area contributed by atoms with Crippen LogP contribution in [0.2, 0.25) is 0 Å². The Balaban J connectivity index is 1.98. The zero-order valence-corrected chi connectivity index (χ0v) is 17.9. The first kappa shape index (κ1) is 21.6. The van der Waals surface area contributed by atoms with Gasteiger partial charge in [-0.1, -0.05) is 49.7 Å². The Kier molecular flexibility index (Phi) is 6.96. The highest BCUT2D eigenvalue weighted by Gasteiger charge is 2.18. The molecule has 7 heteroatoms. The molecule has 0 radical (unpaired) electrons. The van der Waals surface area contributed by atoms with Gasteiger partial charge in [-0.2, -0.15) is 0 Å². The van der Waals surface area contributed by atoms with Crippen molar-refractivity contribution in [1.29, 1.82) is 0 Å². The summed E-state index contributed by atoms with van der Waals surface area (Å²) in [5.74, 6) is -0.971. The molecule has 2 aromatic rings. The number of anilines is 1. The summed E-state index contributed by atoms with van der Waals surface area (Å²) in [7, 11) is 0. The lowest BCUT2D eigenvalue weighted by atomic mass is 9.86. The average Bonchev–Trinajstić information content (AvgIpc) is 2.65. The molecule has 6 nitrogen and oxygen atoms in total. The van der Waals surface area contributed by atoms with E-state index >= 15 is 0 Å². The molecule has 148 valence electrons. The van der Waals surface area contributed by atoms with E-state index in [9.17, 15) is 14.4 Å². The van der Waals surface area contributed by atoms with Gasteiger partial charge in [-0.05, 0) is 47.4 Å². The van der Waals surface area contributed by atoms with Crippen LogP contribution in [0.15, 0.2) is 46.9 Å². The SMILES string of the molecule is CCC(=O)Nc1ccc(C(=O)NNC(=O)c2ccc(C(C)(C)C)c(Br)c2)cc1. The molecule has 0 saturated carbocycles. The minimum Gasteiger partial charge on any atom is -0.326 e. The first-order valence-corrected chi connectivity index (χ1v) is 9.71. The van der Waals surface area contributed by atoms with Gasteiger partial charge in [-0.15, -0.1) is 0 Å². The number of nitrogens with one attached hydrogen (secondary N) is 3. The van der Waals surface area contributed by atoms with Gasteiger partial charge in [0.25, 0.3) is 11.8 Å². The molecule has 0 unspecified atom stereocenters. The van der Waals surface area contributed by atoms with Crippen LogP contribution in [0, 0.1) is 0 Å². The van der Waals surface area contributed by atoms with Crippen molar-refractivity contribution in [1.82, 2.24) is 10.9 Å². The van der Waals surface area contributed by atoms with Crippen molar-refractivity contribution in [2.45, 2.75) is 39.5 Å². The number of amides is 3. The summed E-state index contributed by atoms with van der Waals surface area (Å²) in [5, 5.41) is 2.70. The summed E-state index contributed by atoms with van der Waals surface area (Å²) in [5.41, 5.74) is 7.23.